The maximum Gasteiger partial charge on any atom is 0.163 e. The first-order valence-corrected chi connectivity index (χ1v) is 22.5. The van der Waals surface area contributed by atoms with Crippen LogP contribution in [0.3, 0.4) is 0 Å². The Morgan fingerprint density at radius 3 is 1.69 bits per heavy atom. The fourth-order valence-electron chi connectivity index (χ4n) is 12.8. The molecule has 4 heteroatoms. The Kier molecular flexibility index (Phi) is 7.52. The highest BCUT2D eigenvalue weighted by Gasteiger charge is 2.51. The van der Waals surface area contributed by atoms with Crippen LogP contribution in [-0.2, 0) is 16.2 Å². The van der Waals surface area contributed by atoms with Gasteiger partial charge in [-0.1, -0.05) is 173 Å². The first kappa shape index (κ1) is 36.0. The van der Waals surface area contributed by atoms with E-state index in [1.165, 1.54) is 80.5 Å². The molecule has 2 saturated carbocycles. The highest BCUT2D eigenvalue weighted by molar-refractivity contribution is 5.96. The summed E-state index contributed by atoms with van der Waals surface area (Å²) in [5, 5.41) is 0. The van der Waals surface area contributed by atoms with Crippen LogP contribution in [0.5, 0.6) is 11.5 Å². The number of aromatic nitrogens is 3. The third-order valence-electron chi connectivity index (χ3n) is 15.5. The molecule has 0 radical (unpaired) electrons. The average Bonchev–Trinajstić information content (AvgIpc) is 3.90. The molecule has 2 heterocycles. The Balaban J connectivity index is 0.946. The van der Waals surface area contributed by atoms with Gasteiger partial charge in [-0.25, -0.2) is 15.0 Å². The van der Waals surface area contributed by atoms with Gasteiger partial charge >= 0.3 is 0 Å². The van der Waals surface area contributed by atoms with Crippen molar-refractivity contribution in [2.45, 2.75) is 69.1 Å². The number of rotatable bonds is 4. The third kappa shape index (κ3) is 4.98. The van der Waals surface area contributed by atoms with Gasteiger partial charge in [0, 0.05) is 33.1 Å². The molecule has 8 aromatic rings. The second kappa shape index (κ2) is 12.9. The molecular weight excluding hydrogens is 755 g/mol. The van der Waals surface area contributed by atoms with Gasteiger partial charge in [-0.2, -0.15) is 0 Å². The van der Waals surface area contributed by atoms with Gasteiger partial charge < -0.3 is 4.74 Å². The van der Waals surface area contributed by atoms with Crippen LogP contribution < -0.4 is 4.74 Å². The van der Waals surface area contributed by atoms with Crippen molar-refractivity contribution in [2.24, 2.45) is 11.8 Å². The van der Waals surface area contributed by atoms with Gasteiger partial charge in [0.25, 0.3) is 0 Å². The lowest BCUT2D eigenvalue weighted by Gasteiger charge is -2.39. The van der Waals surface area contributed by atoms with Crippen LogP contribution in [0.4, 0.5) is 0 Å². The molecule has 7 aromatic carbocycles. The smallest absolute Gasteiger partial charge is 0.163 e. The van der Waals surface area contributed by atoms with Crippen molar-refractivity contribution in [1.29, 1.82) is 0 Å². The third-order valence-corrected chi connectivity index (χ3v) is 15.5. The Bertz CT molecular complexity index is 3100. The first-order chi connectivity index (χ1) is 30.3. The Labute approximate surface area is 363 Å². The maximum atomic E-state index is 6.59. The van der Waals surface area contributed by atoms with Crippen LogP contribution in [0.25, 0.3) is 56.2 Å². The summed E-state index contributed by atoms with van der Waals surface area (Å²) in [7, 11) is 0. The minimum Gasteiger partial charge on any atom is -0.457 e. The summed E-state index contributed by atoms with van der Waals surface area (Å²) < 4.78 is 6.59. The van der Waals surface area contributed by atoms with Crippen molar-refractivity contribution in [1.82, 2.24) is 15.0 Å². The molecule has 2 unspecified atom stereocenters. The van der Waals surface area contributed by atoms with E-state index in [9.17, 15) is 0 Å². The van der Waals surface area contributed by atoms with Gasteiger partial charge in [0.1, 0.15) is 17.3 Å². The van der Waals surface area contributed by atoms with E-state index in [1.807, 2.05) is 0 Å². The minimum atomic E-state index is -0.505. The summed E-state index contributed by atoms with van der Waals surface area (Å²) in [5.41, 5.74) is 16.5. The molecule has 2 fully saturated rings. The SMILES string of the molecule is CC1(c2nc(-c3ccc(-c4cccc5c4-c4ccccc4C54c5ccccc5Oc5ccccc54)cc3)nc(-c3ccc4c(c3)C(C)(C)c3ccccc3-4)n2)CC2CC[C@H](C2)C1. The predicted octanol–water partition coefficient (Wildman–Crippen LogP) is 14.1. The van der Waals surface area contributed by atoms with Gasteiger partial charge in [-0.05, 0) is 105 Å². The van der Waals surface area contributed by atoms with E-state index in [0.717, 1.165) is 70.3 Å². The van der Waals surface area contributed by atoms with Crippen molar-refractivity contribution in [3.05, 3.63) is 197 Å². The molecule has 1 spiro atoms. The Morgan fingerprint density at radius 1 is 0.452 bits per heavy atom. The second-order valence-electron chi connectivity index (χ2n) is 19.4. The quantitative estimate of drug-likeness (QED) is 0.178. The molecule has 4 aliphatic carbocycles. The van der Waals surface area contributed by atoms with Crippen molar-refractivity contribution in [2.75, 3.05) is 0 Å². The molecule has 1 aliphatic heterocycles. The maximum absolute atomic E-state index is 6.59. The monoisotopic (exact) mass is 801 g/mol. The zero-order chi connectivity index (χ0) is 41.4. The Morgan fingerprint density at radius 2 is 0.984 bits per heavy atom. The van der Waals surface area contributed by atoms with E-state index in [4.69, 9.17) is 19.7 Å². The van der Waals surface area contributed by atoms with Gasteiger partial charge in [0.05, 0.1) is 5.41 Å². The van der Waals surface area contributed by atoms with Gasteiger partial charge in [-0.15, -0.1) is 0 Å². The molecule has 1 aromatic heterocycles. The minimum absolute atomic E-state index is 0.0853. The molecule has 13 rings (SSSR count). The molecule has 4 nitrogen and oxygen atoms in total. The van der Waals surface area contributed by atoms with E-state index >= 15 is 0 Å². The second-order valence-corrected chi connectivity index (χ2v) is 19.4. The van der Waals surface area contributed by atoms with Crippen LogP contribution in [0.15, 0.2) is 158 Å². The molecule has 300 valence electrons. The predicted molar refractivity (Wildman–Crippen MR) is 248 cm³/mol. The number of nitrogens with zero attached hydrogens (tertiary/aromatic N) is 3. The van der Waals surface area contributed by atoms with Crippen LogP contribution in [0.2, 0.25) is 0 Å². The average molecular weight is 802 g/mol. The number of ether oxygens (including phenoxy) is 1. The lowest BCUT2D eigenvalue weighted by Crippen LogP contribution is -2.33. The molecule has 5 aliphatic rings. The summed E-state index contributed by atoms with van der Waals surface area (Å²) in [6.07, 6.45) is 6.29. The topological polar surface area (TPSA) is 47.9 Å². The van der Waals surface area contributed by atoms with Crippen LogP contribution >= 0.6 is 0 Å². The zero-order valence-electron chi connectivity index (χ0n) is 35.5. The molecular formula is C58H47N3O. The van der Waals surface area contributed by atoms with Gasteiger partial charge in [0.15, 0.2) is 11.6 Å². The highest BCUT2D eigenvalue weighted by Crippen LogP contribution is 2.63. The molecule has 0 saturated heterocycles. The zero-order valence-corrected chi connectivity index (χ0v) is 35.5. The molecule has 62 heavy (non-hydrogen) atoms. The van der Waals surface area contributed by atoms with Crippen molar-refractivity contribution >= 4 is 0 Å². The molecule has 2 bridgehead atoms. The van der Waals surface area contributed by atoms with Crippen LogP contribution in [0, 0.1) is 11.8 Å². The lowest BCUT2D eigenvalue weighted by molar-refractivity contribution is 0.221. The fraction of sp³-hybridized carbons (Fsp3) is 0.224. The van der Waals surface area contributed by atoms with Crippen molar-refractivity contribution in [3.8, 4) is 67.7 Å². The number of benzene rings is 7. The Hall–Kier alpha value is -6.65. The van der Waals surface area contributed by atoms with E-state index in [-0.39, 0.29) is 10.8 Å². The number of hydrogen-bond donors (Lipinski definition) is 0. The first-order valence-electron chi connectivity index (χ1n) is 22.5. The summed E-state index contributed by atoms with van der Waals surface area (Å²) in [5.74, 6) is 5.77. The van der Waals surface area contributed by atoms with E-state index < -0.39 is 5.41 Å². The number of hydrogen-bond acceptors (Lipinski definition) is 4. The highest BCUT2D eigenvalue weighted by atomic mass is 16.5. The molecule has 0 N–H and O–H groups in total. The van der Waals surface area contributed by atoms with Crippen molar-refractivity contribution < 1.29 is 4.74 Å². The van der Waals surface area contributed by atoms with E-state index in [0.29, 0.717) is 0 Å². The lowest BCUT2D eigenvalue weighted by atomic mass is 9.66. The van der Waals surface area contributed by atoms with Gasteiger partial charge in [-0.3, -0.25) is 0 Å². The van der Waals surface area contributed by atoms with Crippen LogP contribution in [-0.4, -0.2) is 15.0 Å². The molecule has 0 amide bonds. The van der Waals surface area contributed by atoms with E-state index in [1.54, 1.807) is 0 Å². The number of para-hydroxylation sites is 2. The normalized spacial score (nSPS) is 21.3. The number of fused-ring (bicyclic) bond motifs is 14. The standard InChI is InChI=1S/C58H47N3O/c1-56(2)44-16-6-4-13-41(44)42-30-29-39(32-49(42)56)54-59-53(60-55(61-54)57(3)33-35-23-24-36(31-35)34-57)38-27-25-37(26-28-38)40-15-12-20-48-52(40)43-14-5-7-17-45(43)58(48)46-18-8-10-21-50(46)62-51-22-11-9-19-47(51)58/h4-22,25-30,32,35-36H,23-24,31,33-34H2,1-3H3/t35-,36?,57?/m1/s1. The largest absolute Gasteiger partial charge is 0.457 e. The summed E-state index contributed by atoms with van der Waals surface area (Å²) in [6, 6.07) is 57.7. The van der Waals surface area contributed by atoms with Crippen molar-refractivity contribution in [3.63, 3.8) is 0 Å². The summed E-state index contributed by atoms with van der Waals surface area (Å²) >= 11 is 0. The van der Waals surface area contributed by atoms with Gasteiger partial charge in [0.2, 0.25) is 0 Å². The van der Waals surface area contributed by atoms with E-state index in [2.05, 4.69) is 178 Å². The molecule has 3 atom stereocenters. The summed E-state index contributed by atoms with van der Waals surface area (Å²) in [6.45, 7) is 7.10. The van der Waals surface area contributed by atoms with Crippen LogP contribution in [0.1, 0.15) is 92.1 Å². The fourth-order valence-corrected chi connectivity index (χ4v) is 12.8. The summed E-state index contributed by atoms with van der Waals surface area (Å²) in [4.78, 5) is 16.2.